The Morgan fingerprint density at radius 2 is 1.96 bits per heavy atom. The lowest BCUT2D eigenvalue weighted by atomic mass is 9.94. The van der Waals surface area contributed by atoms with Gasteiger partial charge in [-0.25, -0.2) is 0 Å². The first kappa shape index (κ1) is 19.4. The van der Waals surface area contributed by atoms with Gasteiger partial charge in [-0.3, -0.25) is 0 Å². The molecule has 0 aliphatic carbocycles. The van der Waals surface area contributed by atoms with E-state index in [-0.39, 0.29) is 12.7 Å². The number of aromatic hydroxyl groups is 1. The Morgan fingerprint density at radius 1 is 1.19 bits per heavy atom. The number of phenolic OH excluding ortho intramolecular Hbond substituents is 1. The van der Waals surface area contributed by atoms with E-state index >= 15 is 0 Å². The Labute approximate surface area is 161 Å². The Hall–Kier alpha value is -2.36. The molecule has 142 valence electrons. The number of hydrogen-bond donors (Lipinski definition) is 2. The lowest BCUT2D eigenvalue weighted by Gasteiger charge is -2.17. The fourth-order valence-electron chi connectivity index (χ4n) is 3.74. The molecule has 1 heterocycles. The summed E-state index contributed by atoms with van der Waals surface area (Å²) in [6, 6.07) is 11.7. The highest BCUT2D eigenvalue weighted by molar-refractivity contribution is 5.94. The number of phenols is 1. The van der Waals surface area contributed by atoms with Gasteiger partial charge in [0.25, 0.3) is 0 Å². The molecule has 0 radical (unpaired) electrons. The molecule has 1 aliphatic heterocycles. The Kier molecular flexibility index (Phi) is 6.49. The second-order valence-corrected chi connectivity index (χ2v) is 7.05. The summed E-state index contributed by atoms with van der Waals surface area (Å²) in [5.41, 5.74) is 4.30. The van der Waals surface area contributed by atoms with Gasteiger partial charge in [0, 0.05) is 5.39 Å². The maximum Gasteiger partial charge on any atom is 0.123 e. The molecule has 3 heteroatoms. The molecule has 0 aromatic heterocycles. The summed E-state index contributed by atoms with van der Waals surface area (Å²) in [7, 11) is 0. The second-order valence-electron chi connectivity index (χ2n) is 7.05. The molecule has 2 N–H and O–H groups in total. The van der Waals surface area contributed by atoms with E-state index in [0.717, 1.165) is 53.2 Å². The molecule has 0 fully saturated rings. The average Bonchev–Trinajstić information content (AvgIpc) is 3.16. The monoisotopic (exact) mass is 364 g/mol. The zero-order valence-electron chi connectivity index (χ0n) is 15.9. The zero-order valence-corrected chi connectivity index (χ0v) is 15.9. The molecular weight excluding hydrogens is 336 g/mol. The summed E-state index contributed by atoms with van der Waals surface area (Å²) in [5.74, 6) is 0.316. The number of hydrogen-bond acceptors (Lipinski definition) is 3. The van der Waals surface area contributed by atoms with Gasteiger partial charge in [0.05, 0.1) is 19.3 Å². The highest BCUT2D eigenvalue weighted by atomic mass is 16.5. The lowest BCUT2D eigenvalue weighted by molar-refractivity contribution is 0.115. The van der Waals surface area contributed by atoms with Crippen LogP contribution in [0, 0.1) is 0 Å². The summed E-state index contributed by atoms with van der Waals surface area (Å²) < 4.78 is 5.83. The molecule has 1 aliphatic rings. The van der Waals surface area contributed by atoms with Crippen molar-refractivity contribution in [1.29, 1.82) is 0 Å². The lowest BCUT2D eigenvalue weighted by Crippen LogP contribution is -2.13. The van der Waals surface area contributed by atoms with Gasteiger partial charge in [0.2, 0.25) is 0 Å². The molecule has 0 amide bonds. The summed E-state index contributed by atoms with van der Waals surface area (Å²) in [5, 5.41) is 21.4. The first-order chi connectivity index (χ1) is 13.1. The molecule has 0 saturated carbocycles. The number of allylic oxidation sites excluding steroid dienone is 1. The van der Waals surface area contributed by atoms with E-state index in [1.807, 2.05) is 30.3 Å². The third kappa shape index (κ3) is 4.49. The highest BCUT2D eigenvalue weighted by Gasteiger charge is 2.21. The smallest absolute Gasteiger partial charge is 0.123 e. The molecule has 2 aromatic rings. The van der Waals surface area contributed by atoms with Crippen LogP contribution in [0.5, 0.6) is 5.75 Å². The number of ether oxygens (including phenoxy) is 1. The summed E-state index contributed by atoms with van der Waals surface area (Å²) in [6.45, 7) is 6.70. The van der Waals surface area contributed by atoms with Crippen LogP contribution in [0.1, 0.15) is 38.2 Å². The molecule has 27 heavy (non-hydrogen) atoms. The SMILES string of the molecule is C=C(CO)C1=CCOC1CC/C(=C/c1ccc(O)c2ccccc12)CCC. The van der Waals surface area contributed by atoms with Crippen LogP contribution < -0.4 is 0 Å². The van der Waals surface area contributed by atoms with Gasteiger partial charge in [0.1, 0.15) is 5.75 Å². The molecule has 0 saturated heterocycles. The maximum absolute atomic E-state index is 10.1. The Balaban J connectivity index is 1.81. The van der Waals surface area contributed by atoms with Crippen LogP contribution in [0.3, 0.4) is 0 Å². The Morgan fingerprint density at radius 3 is 2.70 bits per heavy atom. The minimum Gasteiger partial charge on any atom is -0.507 e. The van der Waals surface area contributed by atoms with Crippen molar-refractivity contribution < 1.29 is 14.9 Å². The van der Waals surface area contributed by atoms with E-state index in [9.17, 15) is 10.2 Å². The average molecular weight is 364 g/mol. The minimum atomic E-state index is -0.0250. The van der Waals surface area contributed by atoms with Crippen molar-refractivity contribution in [3.63, 3.8) is 0 Å². The van der Waals surface area contributed by atoms with Crippen LogP contribution in [-0.4, -0.2) is 29.5 Å². The van der Waals surface area contributed by atoms with Crippen molar-refractivity contribution in [3.8, 4) is 5.75 Å². The van der Waals surface area contributed by atoms with Gasteiger partial charge in [0.15, 0.2) is 0 Å². The summed E-state index contributed by atoms with van der Waals surface area (Å²) >= 11 is 0. The van der Waals surface area contributed by atoms with Gasteiger partial charge >= 0.3 is 0 Å². The standard InChI is InChI=1S/C24H28O3/c1-3-6-18(9-12-24-20(13-14-27-24)17(2)16-25)15-19-10-11-23(26)22-8-5-4-7-21(19)22/h4-5,7-8,10-11,13,15,24-26H,2-3,6,9,12,14,16H2,1H3/b18-15+. The van der Waals surface area contributed by atoms with Crippen molar-refractivity contribution in [2.45, 2.75) is 38.7 Å². The van der Waals surface area contributed by atoms with Gasteiger partial charge in [-0.05, 0) is 47.4 Å². The first-order valence-corrected chi connectivity index (χ1v) is 9.64. The fraction of sp³-hybridized carbons (Fsp3) is 0.333. The normalized spacial score (nSPS) is 17.3. The molecule has 0 bridgehead atoms. The van der Waals surface area contributed by atoms with Crippen LogP contribution in [0.4, 0.5) is 0 Å². The molecular formula is C24H28O3. The van der Waals surface area contributed by atoms with Crippen molar-refractivity contribution >= 4 is 16.8 Å². The second kappa shape index (κ2) is 9.03. The molecule has 3 rings (SSSR count). The first-order valence-electron chi connectivity index (χ1n) is 9.64. The highest BCUT2D eigenvalue weighted by Crippen LogP contribution is 2.31. The van der Waals surface area contributed by atoms with E-state index < -0.39 is 0 Å². The van der Waals surface area contributed by atoms with E-state index in [4.69, 9.17) is 4.74 Å². The van der Waals surface area contributed by atoms with Crippen LogP contribution in [-0.2, 0) is 4.74 Å². The fourth-order valence-corrected chi connectivity index (χ4v) is 3.74. The van der Waals surface area contributed by atoms with E-state index in [2.05, 4.69) is 25.6 Å². The molecule has 1 atom stereocenters. The van der Waals surface area contributed by atoms with Crippen LogP contribution in [0.25, 0.3) is 16.8 Å². The number of aliphatic hydroxyl groups excluding tert-OH is 1. The summed E-state index contributed by atoms with van der Waals surface area (Å²) in [6.07, 6.45) is 8.23. The number of benzene rings is 2. The van der Waals surface area contributed by atoms with Crippen LogP contribution in [0.15, 0.2) is 65.8 Å². The summed E-state index contributed by atoms with van der Waals surface area (Å²) in [4.78, 5) is 0. The van der Waals surface area contributed by atoms with Crippen molar-refractivity contribution in [2.24, 2.45) is 0 Å². The van der Waals surface area contributed by atoms with Crippen molar-refractivity contribution in [3.05, 3.63) is 71.3 Å². The maximum atomic E-state index is 10.1. The minimum absolute atomic E-state index is 0.0152. The zero-order chi connectivity index (χ0) is 19.2. The largest absolute Gasteiger partial charge is 0.507 e. The van der Waals surface area contributed by atoms with Crippen LogP contribution in [0.2, 0.25) is 0 Å². The van der Waals surface area contributed by atoms with Crippen molar-refractivity contribution in [1.82, 2.24) is 0 Å². The molecule has 0 spiro atoms. The molecule has 2 aromatic carbocycles. The van der Waals surface area contributed by atoms with E-state index in [1.165, 1.54) is 5.57 Å². The van der Waals surface area contributed by atoms with Gasteiger partial charge in [-0.2, -0.15) is 0 Å². The van der Waals surface area contributed by atoms with Gasteiger partial charge < -0.3 is 14.9 Å². The van der Waals surface area contributed by atoms with Crippen molar-refractivity contribution in [2.75, 3.05) is 13.2 Å². The molecule has 3 nitrogen and oxygen atoms in total. The topological polar surface area (TPSA) is 49.7 Å². The van der Waals surface area contributed by atoms with Gasteiger partial charge in [-0.15, -0.1) is 0 Å². The third-order valence-corrected chi connectivity index (χ3v) is 5.14. The van der Waals surface area contributed by atoms with E-state index in [1.54, 1.807) is 6.07 Å². The van der Waals surface area contributed by atoms with E-state index in [0.29, 0.717) is 12.4 Å². The molecule has 1 unspecified atom stereocenters. The number of rotatable bonds is 8. The quantitative estimate of drug-likeness (QED) is 0.661. The predicted octanol–water partition coefficient (Wildman–Crippen LogP) is 5.38. The third-order valence-electron chi connectivity index (χ3n) is 5.14. The predicted molar refractivity (Wildman–Crippen MR) is 112 cm³/mol. The number of aliphatic hydroxyl groups is 1. The number of fused-ring (bicyclic) bond motifs is 1. The Bertz CT molecular complexity index is 876. The van der Waals surface area contributed by atoms with Crippen LogP contribution >= 0.6 is 0 Å². The van der Waals surface area contributed by atoms with Gasteiger partial charge in [-0.1, -0.05) is 68.0 Å².